The molecule has 0 saturated heterocycles. The number of carboxylic acids is 1. The Morgan fingerprint density at radius 1 is 1.50 bits per heavy atom. The zero-order chi connectivity index (χ0) is 14.1. The smallest absolute Gasteiger partial charge is 0.303 e. The van der Waals surface area contributed by atoms with Crippen molar-refractivity contribution in [3.63, 3.8) is 0 Å². The Bertz CT molecular complexity index is 666. The number of aliphatic carboxylic acids is 1. The number of benzene rings is 1. The minimum absolute atomic E-state index is 0.0816. The lowest BCUT2D eigenvalue weighted by Gasteiger charge is -2.02. The highest BCUT2D eigenvalue weighted by Gasteiger charge is 2.17. The third-order valence-corrected chi connectivity index (χ3v) is 4.18. The zero-order valence-electron chi connectivity index (χ0n) is 10.6. The number of hydrogen-bond acceptors (Lipinski definition) is 3. The monoisotopic (exact) mass is 336 g/mol. The molecule has 1 aromatic carbocycles. The summed E-state index contributed by atoms with van der Waals surface area (Å²) in [5, 5.41) is 15.9. The standard InChI is InChI=1S/C14H13BrN2O3/c15-13-10(2-4-12(18)19)16-17-14(13)9-1-3-11-8(7-9)5-6-20-11/h1,3,7H,2,4-6H2,(H,16,17)(H,18,19). The molecule has 0 spiro atoms. The number of aromatic amines is 1. The summed E-state index contributed by atoms with van der Waals surface area (Å²) in [6.07, 6.45) is 1.42. The van der Waals surface area contributed by atoms with Gasteiger partial charge >= 0.3 is 5.97 Å². The van der Waals surface area contributed by atoms with Crippen molar-refractivity contribution in [2.75, 3.05) is 6.61 Å². The molecule has 20 heavy (non-hydrogen) atoms. The topological polar surface area (TPSA) is 75.2 Å². The number of fused-ring (bicyclic) bond motifs is 1. The highest BCUT2D eigenvalue weighted by atomic mass is 79.9. The van der Waals surface area contributed by atoms with E-state index in [0.717, 1.165) is 40.2 Å². The van der Waals surface area contributed by atoms with Gasteiger partial charge in [-0.05, 0) is 39.7 Å². The predicted octanol–water partition coefficient (Wildman–Crippen LogP) is 2.79. The van der Waals surface area contributed by atoms with Crippen LogP contribution >= 0.6 is 15.9 Å². The number of halogens is 1. The summed E-state index contributed by atoms with van der Waals surface area (Å²) < 4.78 is 6.32. The SMILES string of the molecule is O=C(O)CCc1[nH]nc(-c2ccc3c(c2)CCO3)c1Br. The van der Waals surface area contributed by atoms with E-state index in [4.69, 9.17) is 9.84 Å². The van der Waals surface area contributed by atoms with Crippen LogP contribution in [0.2, 0.25) is 0 Å². The molecule has 0 radical (unpaired) electrons. The number of rotatable bonds is 4. The van der Waals surface area contributed by atoms with Crippen LogP contribution in [-0.4, -0.2) is 27.9 Å². The van der Waals surface area contributed by atoms with Crippen LogP contribution in [0.4, 0.5) is 0 Å². The van der Waals surface area contributed by atoms with Gasteiger partial charge in [0.2, 0.25) is 0 Å². The zero-order valence-corrected chi connectivity index (χ0v) is 12.2. The van der Waals surface area contributed by atoms with E-state index in [9.17, 15) is 4.79 Å². The van der Waals surface area contributed by atoms with Crippen molar-refractivity contribution in [1.29, 1.82) is 0 Å². The van der Waals surface area contributed by atoms with Gasteiger partial charge in [0.1, 0.15) is 11.4 Å². The van der Waals surface area contributed by atoms with E-state index in [1.54, 1.807) is 0 Å². The summed E-state index contributed by atoms with van der Waals surface area (Å²) in [4.78, 5) is 10.6. The summed E-state index contributed by atoms with van der Waals surface area (Å²) in [6, 6.07) is 5.99. The molecule has 2 heterocycles. The highest BCUT2D eigenvalue weighted by molar-refractivity contribution is 9.10. The first-order chi connectivity index (χ1) is 9.65. The Balaban J connectivity index is 1.89. The normalized spacial score (nSPS) is 13.1. The maximum absolute atomic E-state index is 10.6. The van der Waals surface area contributed by atoms with Gasteiger partial charge in [-0.2, -0.15) is 5.10 Å². The van der Waals surface area contributed by atoms with Gasteiger partial charge in [-0.15, -0.1) is 0 Å². The molecule has 0 amide bonds. The maximum Gasteiger partial charge on any atom is 0.303 e. The van der Waals surface area contributed by atoms with Crippen molar-refractivity contribution in [1.82, 2.24) is 10.2 Å². The second-order valence-electron chi connectivity index (χ2n) is 4.68. The van der Waals surface area contributed by atoms with E-state index in [-0.39, 0.29) is 6.42 Å². The summed E-state index contributed by atoms with van der Waals surface area (Å²) in [6.45, 7) is 0.727. The van der Waals surface area contributed by atoms with Gasteiger partial charge in [0.25, 0.3) is 0 Å². The predicted molar refractivity (Wildman–Crippen MR) is 76.9 cm³/mol. The molecule has 6 heteroatoms. The molecule has 1 aliphatic heterocycles. The lowest BCUT2D eigenvalue weighted by Crippen LogP contribution is -1.98. The van der Waals surface area contributed by atoms with Crippen LogP contribution in [0.5, 0.6) is 5.75 Å². The number of aryl methyl sites for hydroxylation is 1. The third kappa shape index (κ3) is 2.43. The van der Waals surface area contributed by atoms with Gasteiger partial charge in [-0.1, -0.05) is 0 Å². The Morgan fingerprint density at radius 3 is 3.15 bits per heavy atom. The number of ether oxygens (including phenoxy) is 1. The van der Waals surface area contributed by atoms with Gasteiger partial charge in [0.15, 0.2) is 0 Å². The molecule has 3 rings (SSSR count). The first kappa shape index (κ1) is 13.2. The number of carbonyl (C=O) groups is 1. The molecular weight excluding hydrogens is 324 g/mol. The number of nitrogens with zero attached hydrogens (tertiary/aromatic N) is 1. The van der Waals surface area contributed by atoms with Gasteiger partial charge in [-0.3, -0.25) is 9.89 Å². The number of nitrogens with one attached hydrogen (secondary N) is 1. The van der Waals surface area contributed by atoms with Crippen LogP contribution in [0.25, 0.3) is 11.3 Å². The quantitative estimate of drug-likeness (QED) is 0.900. The Hall–Kier alpha value is -1.82. The molecule has 0 bridgehead atoms. The first-order valence-corrected chi connectivity index (χ1v) is 7.15. The molecule has 0 fully saturated rings. The molecule has 2 aromatic rings. The van der Waals surface area contributed by atoms with Gasteiger partial charge < -0.3 is 9.84 Å². The molecule has 0 atom stereocenters. The number of aromatic nitrogens is 2. The van der Waals surface area contributed by atoms with E-state index >= 15 is 0 Å². The van der Waals surface area contributed by atoms with Crippen LogP contribution in [-0.2, 0) is 17.6 Å². The van der Waals surface area contributed by atoms with E-state index in [0.29, 0.717) is 6.42 Å². The Labute approximate surface area is 124 Å². The van der Waals surface area contributed by atoms with Crippen LogP contribution in [0, 0.1) is 0 Å². The molecule has 0 unspecified atom stereocenters. The summed E-state index contributed by atoms with van der Waals surface area (Å²) in [7, 11) is 0. The molecule has 2 N–H and O–H groups in total. The Kier molecular flexibility index (Phi) is 3.48. The largest absolute Gasteiger partial charge is 0.493 e. The lowest BCUT2D eigenvalue weighted by atomic mass is 10.1. The summed E-state index contributed by atoms with van der Waals surface area (Å²) >= 11 is 3.50. The second-order valence-corrected chi connectivity index (χ2v) is 5.47. The van der Waals surface area contributed by atoms with Crippen molar-refractivity contribution < 1.29 is 14.6 Å². The van der Waals surface area contributed by atoms with Gasteiger partial charge in [0.05, 0.1) is 23.2 Å². The fourth-order valence-electron chi connectivity index (χ4n) is 2.29. The van der Waals surface area contributed by atoms with Crippen LogP contribution in [0.1, 0.15) is 17.7 Å². The number of carboxylic acid groups (broad SMARTS) is 1. The van der Waals surface area contributed by atoms with Crippen molar-refractivity contribution in [3.05, 3.63) is 33.9 Å². The highest BCUT2D eigenvalue weighted by Crippen LogP contribution is 2.34. The summed E-state index contributed by atoms with van der Waals surface area (Å²) in [5.41, 5.74) is 3.79. The van der Waals surface area contributed by atoms with Crippen LogP contribution < -0.4 is 4.74 Å². The minimum Gasteiger partial charge on any atom is -0.493 e. The first-order valence-electron chi connectivity index (χ1n) is 6.36. The van der Waals surface area contributed by atoms with Gasteiger partial charge in [-0.25, -0.2) is 0 Å². The molecule has 104 valence electrons. The lowest BCUT2D eigenvalue weighted by molar-refractivity contribution is -0.136. The average Bonchev–Trinajstić information content (AvgIpc) is 3.02. The van der Waals surface area contributed by atoms with Crippen molar-refractivity contribution in [3.8, 4) is 17.0 Å². The average molecular weight is 337 g/mol. The third-order valence-electron chi connectivity index (χ3n) is 3.33. The molecule has 1 aromatic heterocycles. The minimum atomic E-state index is -0.817. The number of H-pyrrole nitrogens is 1. The van der Waals surface area contributed by atoms with Crippen molar-refractivity contribution in [2.45, 2.75) is 19.3 Å². The molecule has 0 aliphatic carbocycles. The van der Waals surface area contributed by atoms with Crippen LogP contribution in [0.15, 0.2) is 22.7 Å². The second kappa shape index (κ2) is 5.28. The van der Waals surface area contributed by atoms with E-state index < -0.39 is 5.97 Å². The molecular formula is C14H13BrN2O3. The molecule has 0 saturated carbocycles. The molecule has 1 aliphatic rings. The van der Waals surface area contributed by atoms with Crippen molar-refractivity contribution >= 4 is 21.9 Å². The van der Waals surface area contributed by atoms with Crippen molar-refractivity contribution in [2.24, 2.45) is 0 Å². The molecule has 5 nitrogen and oxygen atoms in total. The number of hydrogen-bond donors (Lipinski definition) is 2. The van der Waals surface area contributed by atoms with E-state index in [2.05, 4.69) is 32.2 Å². The van der Waals surface area contributed by atoms with Gasteiger partial charge in [0, 0.05) is 18.4 Å². The van der Waals surface area contributed by atoms with E-state index in [1.165, 1.54) is 5.56 Å². The Morgan fingerprint density at radius 2 is 2.35 bits per heavy atom. The fourth-order valence-corrected chi connectivity index (χ4v) is 2.89. The fraction of sp³-hybridized carbons (Fsp3) is 0.286. The van der Waals surface area contributed by atoms with Crippen LogP contribution in [0.3, 0.4) is 0 Å². The summed E-state index contributed by atoms with van der Waals surface area (Å²) in [5.74, 6) is 0.120. The van der Waals surface area contributed by atoms with E-state index in [1.807, 2.05) is 12.1 Å². The maximum atomic E-state index is 10.6.